The largest absolute Gasteiger partial charge is 0.273 e. The number of hydrogen-bond acceptors (Lipinski definition) is 4. The Balaban J connectivity index is 2.14. The van der Waals surface area contributed by atoms with Crippen LogP contribution in [-0.4, -0.2) is 26.3 Å². The van der Waals surface area contributed by atoms with E-state index in [1.54, 1.807) is 24.3 Å². The molecule has 20 heavy (non-hydrogen) atoms. The first-order chi connectivity index (χ1) is 9.36. The van der Waals surface area contributed by atoms with Crippen LogP contribution in [0.1, 0.15) is 18.9 Å². The van der Waals surface area contributed by atoms with E-state index < -0.39 is 9.84 Å². The van der Waals surface area contributed by atoms with Gasteiger partial charge in [-0.1, -0.05) is 25.1 Å². The van der Waals surface area contributed by atoms with Crippen LogP contribution in [-0.2, 0) is 14.6 Å². The SMILES string of the molecule is CC1CC(=O)NN=C1C=Cc1ccc(S(C)(=O)=O)cc1. The molecule has 0 saturated carbocycles. The van der Waals surface area contributed by atoms with Crippen LogP contribution in [0.4, 0.5) is 0 Å². The minimum absolute atomic E-state index is 0.0767. The number of hydrazone groups is 1. The second-order valence-electron chi connectivity index (χ2n) is 4.85. The Kier molecular flexibility index (Phi) is 4.04. The summed E-state index contributed by atoms with van der Waals surface area (Å²) in [5.74, 6) is 0.00227. The molecule has 0 radical (unpaired) electrons. The van der Waals surface area contributed by atoms with Gasteiger partial charge in [0.1, 0.15) is 0 Å². The molecule has 0 spiro atoms. The lowest BCUT2D eigenvalue weighted by atomic mass is 9.99. The minimum Gasteiger partial charge on any atom is -0.273 e. The van der Waals surface area contributed by atoms with E-state index in [2.05, 4.69) is 10.5 Å². The van der Waals surface area contributed by atoms with Gasteiger partial charge in [0.2, 0.25) is 5.91 Å². The summed E-state index contributed by atoms with van der Waals surface area (Å²) < 4.78 is 22.7. The molecule has 0 fully saturated rings. The maximum absolute atomic E-state index is 11.3. The standard InChI is InChI=1S/C14H16N2O3S/c1-10-9-14(17)16-15-13(10)8-5-11-3-6-12(7-4-11)20(2,18)19/h3-8,10H,9H2,1-2H3,(H,16,17). The zero-order chi connectivity index (χ0) is 14.8. The van der Waals surface area contributed by atoms with E-state index in [9.17, 15) is 13.2 Å². The molecule has 1 aromatic carbocycles. The Hall–Kier alpha value is -1.95. The van der Waals surface area contributed by atoms with Crippen molar-refractivity contribution in [1.82, 2.24) is 5.43 Å². The molecule has 5 nitrogen and oxygen atoms in total. The first-order valence-corrected chi connectivity index (χ1v) is 8.10. The maximum Gasteiger partial charge on any atom is 0.240 e. The highest BCUT2D eigenvalue weighted by Gasteiger charge is 2.17. The molecule has 1 aliphatic rings. The molecular formula is C14H16N2O3S. The molecule has 0 aromatic heterocycles. The number of hydrogen-bond donors (Lipinski definition) is 1. The number of benzene rings is 1. The van der Waals surface area contributed by atoms with Crippen molar-refractivity contribution in [2.75, 3.05) is 6.26 Å². The molecule has 1 unspecified atom stereocenters. The van der Waals surface area contributed by atoms with E-state index in [1.807, 2.05) is 19.1 Å². The average Bonchev–Trinajstić information content (AvgIpc) is 2.37. The lowest BCUT2D eigenvalue weighted by Crippen LogP contribution is -2.30. The number of nitrogens with zero attached hydrogens (tertiary/aromatic N) is 1. The summed E-state index contributed by atoms with van der Waals surface area (Å²) in [6.07, 6.45) is 5.29. The van der Waals surface area contributed by atoms with E-state index in [-0.39, 0.29) is 11.8 Å². The summed E-state index contributed by atoms with van der Waals surface area (Å²) in [5, 5.41) is 4.00. The van der Waals surface area contributed by atoms with Crippen LogP contribution in [0.5, 0.6) is 0 Å². The van der Waals surface area contributed by atoms with E-state index in [1.165, 1.54) is 6.26 Å². The lowest BCUT2D eigenvalue weighted by Gasteiger charge is -2.16. The quantitative estimate of drug-likeness (QED) is 0.919. The van der Waals surface area contributed by atoms with Crippen LogP contribution in [0.2, 0.25) is 0 Å². The van der Waals surface area contributed by atoms with Crippen LogP contribution in [0.15, 0.2) is 40.3 Å². The number of sulfone groups is 1. The van der Waals surface area contributed by atoms with Crippen LogP contribution >= 0.6 is 0 Å². The Labute approximate surface area is 118 Å². The first-order valence-electron chi connectivity index (χ1n) is 6.21. The second-order valence-corrected chi connectivity index (χ2v) is 6.87. The highest BCUT2D eigenvalue weighted by Crippen LogP contribution is 2.14. The summed E-state index contributed by atoms with van der Waals surface area (Å²) in [6.45, 7) is 1.94. The van der Waals surface area contributed by atoms with Gasteiger partial charge in [-0.2, -0.15) is 5.10 Å². The number of carbonyl (C=O) groups is 1. The van der Waals surface area contributed by atoms with Gasteiger partial charge in [0.05, 0.1) is 10.6 Å². The highest BCUT2D eigenvalue weighted by atomic mass is 32.2. The van der Waals surface area contributed by atoms with Crippen molar-refractivity contribution >= 4 is 27.5 Å². The molecule has 1 aliphatic heterocycles. The summed E-state index contributed by atoms with van der Waals surface area (Å²) in [4.78, 5) is 11.4. The van der Waals surface area contributed by atoms with Crippen molar-refractivity contribution in [2.24, 2.45) is 11.0 Å². The highest BCUT2D eigenvalue weighted by molar-refractivity contribution is 7.90. The fourth-order valence-electron chi connectivity index (χ4n) is 1.87. The number of rotatable bonds is 3. The minimum atomic E-state index is -3.17. The third-order valence-corrected chi connectivity index (χ3v) is 4.19. The molecule has 1 atom stereocenters. The van der Waals surface area contributed by atoms with Crippen LogP contribution in [0, 0.1) is 5.92 Å². The van der Waals surface area contributed by atoms with Crippen molar-refractivity contribution < 1.29 is 13.2 Å². The van der Waals surface area contributed by atoms with Crippen LogP contribution in [0.3, 0.4) is 0 Å². The van der Waals surface area contributed by atoms with Crippen LogP contribution in [0.25, 0.3) is 6.08 Å². The molecule has 0 saturated heterocycles. The monoisotopic (exact) mass is 292 g/mol. The van der Waals surface area contributed by atoms with Crippen LogP contribution < -0.4 is 5.43 Å². The third-order valence-electron chi connectivity index (χ3n) is 3.06. The number of amides is 1. The summed E-state index contributed by atoms with van der Waals surface area (Å²) in [7, 11) is -3.17. The molecule has 0 bridgehead atoms. The molecule has 1 aromatic rings. The third kappa shape index (κ3) is 3.54. The molecule has 106 valence electrons. The van der Waals surface area contributed by atoms with Crippen molar-refractivity contribution in [3.8, 4) is 0 Å². The molecule has 1 amide bonds. The van der Waals surface area contributed by atoms with E-state index >= 15 is 0 Å². The predicted molar refractivity (Wildman–Crippen MR) is 77.9 cm³/mol. The van der Waals surface area contributed by atoms with Gasteiger partial charge in [0, 0.05) is 18.6 Å². The van der Waals surface area contributed by atoms with E-state index in [0.29, 0.717) is 11.3 Å². The van der Waals surface area contributed by atoms with Crippen molar-refractivity contribution in [2.45, 2.75) is 18.2 Å². The average molecular weight is 292 g/mol. The molecule has 0 aliphatic carbocycles. The summed E-state index contributed by atoms with van der Waals surface area (Å²) in [5.41, 5.74) is 4.13. The van der Waals surface area contributed by atoms with Gasteiger partial charge in [0.25, 0.3) is 0 Å². The first kappa shape index (κ1) is 14.5. The predicted octanol–water partition coefficient (Wildman–Crippen LogP) is 1.62. The number of nitrogens with one attached hydrogen (secondary N) is 1. The van der Waals surface area contributed by atoms with Gasteiger partial charge in [-0.15, -0.1) is 0 Å². The zero-order valence-electron chi connectivity index (χ0n) is 11.3. The lowest BCUT2D eigenvalue weighted by molar-refractivity contribution is -0.121. The summed E-state index contributed by atoms with van der Waals surface area (Å²) in [6, 6.07) is 6.62. The Morgan fingerprint density at radius 2 is 1.90 bits per heavy atom. The molecule has 6 heteroatoms. The van der Waals surface area contributed by atoms with Gasteiger partial charge in [-0.3, -0.25) is 4.79 Å². The molecular weight excluding hydrogens is 276 g/mol. The van der Waals surface area contributed by atoms with Crippen molar-refractivity contribution in [3.63, 3.8) is 0 Å². The smallest absolute Gasteiger partial charge is 0.240 e. The Morgan fingerprint density at radius 3 is 2.45 bits per heavy atom. The molecule has 1 heterocycles. The van der Waals surface area contributed by atoms with Gasteiger partial charge >= 0.3 is 0 Å². The van der Waals surface area contributed by atoms with Gasteiger partial charge in [-0.25, -0.2) is 13.8 Å². The Morgan fingerprint density at radius 1 is 1.25 bits per heavy atom. The maximum atomic E-state index is 11.3. The van der Waals surface area contributed by atoms with Gasteiger partial charge in [-0.05, 0) is 23.8 Å². The fourth-order valence-corrected chi connectivity index (χ4v) is 2.51. The topological polar surface area (TPSA) is 75.6 Å². The summed E-state index contributed by atoms with van der Waals surface area (Å²) >= 11 is 0. The zero-order valence-corrected chi connectivity index (χ0v) is 12.1. The van der Waals surface area contributed by atoms with Crippen molar-refractivity contribution in [1.29, 1.82) is 0 Å². The van der Waals surface area contributed by atoms with Crippen molar-refractivity contribution in [3.05, 3.63) is 35.9 Å². The van der Waals surface area contributed by atoms with Gasteiger partial charge in [0.15, 0.2) is 9.84 Å². The van der Waals surface area contributed by atoms with E-state index in [0.717, 1.165) is 11.3 Å². The van der Waals surface area contributed by atoms with Gasteiger partial charge < -0.3 is 0 Å². The number of allylic oxidation sites excluding steroid dienone is 1. The Bertz CT molecular complexity index is 673. The van der Waals surface area contributed by atoms with E-state index in [4.69, 9.17) is 0 Å². The molecule has 2 rings (SSSR count). The fraction of sp³-hybridized carbons (Fsp3) is 0.286. The molecule has 1 N–H and O–H groups in total. The number of carbonyl (C=O) groups excluding carboxylic acids is 1. The second kappa shape index (κ2) is 5.58. The normalized spacial score (nSPS) is 19.8.